The maximum absolute atomic E-state index is 9.79. The summed E-state index contributed by atoms with van der Waals surface area (Å²) in [5, 5.41) is 13.1. The van der Waals surface area contributed by atoms with E-state index >= 15 is 0 Å². The molecule has 0 spiro atoms. The molecule has 1 aromatic rings. The van der Waals surface area contributed by atoms with E-state index in [2.05, 4.69) is 19.2 Å². The fourth-order valence-electron chi connectivity index (χ4n) is 1.37. The quantitative estimate of drug-likeness (QED) is 0.780. The van der Waals surface area contributed by atoms with Crippen molar-refractivity contribution >= 4 is 0 Å². The van der Waals surface area contributed by atoms with Gasteiger partial charge in [-0.3, -0.25) is 0 Å². The van der Waals surface area contributed by atoms with Crippen LogP contribution in [0.15, 0.2) is 18.2 Å². The van der Waals surface area contributed by atoms with E-state index in [1.807, 2.05) is 12.1 Å². The number of hydrogen-bond acceptors (Lipinski definition) is 3. The minimum atomic E-state index is 0.233. The first-order chi connectivity index (χ1) is 7.15. The standard InChI is InChI=1S/C12H19NO2/c1-9(2)7-13-8-10-5-4-6-11(15-3)12(10)14/h4-6,9,13-14H,7-8H2,1-3H3. The highest BCUT2D eigenvalue weighted by Gasteiger charge is 2.06. The fourth-order valence-corrected chi connectivity index (χ4v) is 1.37. The molecule has 0 radical (unpaired) electrons. The molecular formula is C12H19NO2. The molecular weight excluding hydrogens is 190 g/mol. The molecule has 0 bridgehead atoms. The van der Waals surface area contributed by atoms with E-state index in [0.717, 1.165) is 12.1 Å². The third-order valence-electron chi connectivity index (χ3n) is 2.17. The Labute approximate surface area is 91.1 Å². The Balaban J connectivity index is 2.61. The van der Waals surface area contributed by atoms with Crippen molar-refractivity contribution in [1.82, 2.24) is 5.32 Å². The highest BCUT2D eigenvalue weighted by Crippen LogP contribution is 2.28. The van der Waals surface area contributed by atoms with Crippen molar-refractivity contribution in [2.45, 2.75) is 20.4 Å². The Kier molecular flexibility index (Phi) is 4.43. The molecule has 0 heterocycles. The van der Waals surface area contributed by atoms with E-state index in [0.29, 0.717) is 18.2 Å². The lowest BCUT2D eigenvalue weighted by Gasteiger charge is -2.10. The number of ether oxygens (including phenoxy) is 1. The van der Waals surface area contributed by atoms with Crippen LogP contribution in [-0.2, 0) is 6.54 Å². The molecule has 0 unspecified atom stereocenters. The van der Waals surface area contributed by atoms with Gasteiger partial charge in [0.25, 0.3) is 0 Å². The van der Waals surface area contributed by atoms with E-state index < -0.39 is 0 Å². The van der Waals surface area contributed by atoms with Crippen molar-refractivity contribution in [3.05, 3.63) is 23.8 Å². The van der Waals surface area contributed by atoms with E-state index in [1.165, 1.54) is 0 Å². The van der Waals surface area contributed by atoms with Gasteiger partial charge in [0.1, 0.15) is 0 Å². The zero-order valence-corrected chi connectivity index (χ0v) is 9.58. The van der Waals surface area contributed by atoms with Gasteiger partial charge in [-0.25, -0.2) is 0 Å². The first kappa shape index (κ1) is 11.9. The van der Waals surface area contributed by atoms with Crippen LogP contribution in [0.2, 0.25) is 0 Å². The van der Waals surface area contributed by atoms with Crippen LogP contribution in [-0.4, -0.2) is 18.8 Å². The Hall–Kier alpha value is -1.22. The fraction of sp³-hybridized carbons (Fsp3) is 0.500. The molecule has 0 aromatic heterocycles. The summed E-state index contributed by atoms with van der Waals surface area (Å²) in [7, 11) is 1.56. The van der Waals surface area contributed by atoms with Gasteiger partial charge in [-0.1, -0.05) is 26.0 Å². The van der Waals surface area contributed by atoms with E-state index in [4.69, 9.17) is 4.74 Å². The number of aromatic hydroxyl groups is 1. The van der Waals surface area contributed by atoms with Gasteiger partial charge in [-0.05, 0) is 18.5 Å². The second kappa shape index (κ2) is 5.61. The summed E-state index contributed by atoms with van der Waals surface area (Å²) in [6, 6.07) is 5.53. The van der Waals surface area contributed by atoms with E-state index in [1.54, 1.807) is 13.2 Å². The summed E-state index contributed by atoms with van der Waals surface area (Å²) in [6.45, 7) is 5.91. The van der Waals surface area contributed by atoms with E-state index in [-0.39, 0.29) is 5.75 Å². The smallest absolute Gasteiger partial charge is 0.162 e. The lowest BCUT2D eigenvalue weighted by Crippen LogP contribution is -2.19. The van der Waals surface area contributed by atoms with Crippen LogP contribution >= 0.6 is 0 Å². The summed E-state index contributed by atoms with van der Waals surface area (Å²) in [4.78, 5) is 0. The van der Waals surface area contributed by atoms with Crippen molar-refractivity contribution in [1.29, 1.82) is 0 Å². The molecule has 0 amide bonds. The molecule has 1 aromatic carbocycles. The Morgan fingerprint density at radius 2 is 2.13 bits per heavy atom. The second-order valence-electron chi connectivity index (χ2n) is 3.99. The van der Waals surface area contributed by atoms with Crippen LogP contribution in [0.5, 0.6) is 11.5 Å². The van der Waals surface area contributed by atoms with Crippen molar-refractivity contribution in [2.75, 3.05) is 13.7 Å². The second-order valence-corrected chi connectivity index (χ2v) is 3.99. The maximum atomic E-state index is 9.79. The number of phenolic OH excluding ortho intramolecular Hbond substituents is 1. The van der Waals surface area contributed by atoms with Crippen LogP contribution in [0.25, 0.3) is 0 Å². The number of benzene rings is 1. The average molecular weight is 209 g/mol. The third-order valence-corrected chi connectivity index (χ3v) is 2.17. The summed E-state index contributed by atoms with van der Waals surface area (Å²) < 4.78 is 5.04. The zero-order chi connectivity index (χ0) is 11.3. The van der Waals surface area contributed by atoms with Crippen molar-refractivity contribution in [2.24, 2.45) is 5.92 Å². The number of para-hydroxylation sites is 1. The SMILES string of the molecule is COc1cccc(CNCC(C)C)c1O. The summed E-state index contributed by atoms with van der Waals surface area (Å²) in [5.41, 5.74) is 0.870. The highest BCUT2D eigenvalue weighted by atomic mass is 16.5. The van der Waals surface area contributed by atoms with Crippen LogP contribution < -0.4 is 10.1 Å². The highest BCUT2D eigenvalue weighted by molar-refractivity contribution is 5.45. The summed E-state index contributed by atoms with van der Waals surface area (Å²) in [5.74, 6) is 1.37. The van der Waals surface area contributed by atoms with Crippen LogP contribution in [0.4, 0.5) is 0 Å². The van der Waals surface area contributed by atoms with Crippen LogP contribution in [0.3, 0.4) is 0 Å². The molecule has 0 atom stereocenters. The van der Waals surface area contributed by atoms with Gasteiger partial charge in [0.15, 0.2) is 11.5 Å². The molecule has 0 saturated heterocycles. The average Bonchev–Trinajstić information content (AvgIpc) is 2.20. The number of phenols is 1. The first-order valence-electron chi connectivity index (χ1n) is 5.20. The first-order valence-corrected chi connectivity index (χ1v) is 5.20. The number of hydrogen-bond donors (Lipinski definition) is 2. The Morgan fingerprint density at radius 1 is 1.40 bits per heavy atom. The third kappa shape index (κ3) is 3.44. The Bertz CT molecular complexity index is 310. The van der Waals surface area contributed by atoms with Gasteiger partial charge in [-0.2, -0.15) is 0 Å². The molecule has 0 aliphatic rings. The molecule has 15 heavy (non-hydrogen) atoms. The number of methoxy groups -OCH3 is 1. The van der Waals surface area contributed by atoms with Gasteiger partial charge in [0.2, 0.25) is 0 Å². The molecule has 84 valence electrons. The van der Waals surface area contributed by atoms with Gasteiger partial charge in [0.05, 0.1) is 7.11 Å². The van der Waals surface area contributed by atoms with Gasteiger partial charge in [-0.15, -0.1) is 0 Å². The van der Waals surface area contributed by atoms with E-state index in [9.17, 15) is 5.11 Å². The molecule has 3 nitrogen and oxygen atoms in total. The minimum absolute atomic E-state index is 0.233. The molecule has 3 heteroatoms. The van der Waals surface area contributed by atoms with Crippen molar-refractivity contribution < 1.29 is 9.84 Å². The summed E-state index contributed by atoms with van der Waals surface area (Å²) in [6.07, 6.45) is 0. The van der Waals surface area contributed by atoms with Gasteiger partial charge in [0, 0.05) is 12.1 Å². The van der Waals surface area contributed by atoms with Crippen molar-refractivity contribution in [3.63, 3.8) is 0 Å². The number of nitrogens with one attached hydrogen (secondary N) is 1. The van der Waals surface area contributed by atoms with Gasteiger partial charge >= 0.3 is 0 Å². The lowest BCUT2D eigenvalue weighted by molar-refractivity contribution is 0.369. The lowest BCUT2D eigenvalue weighted by atomic mass is 10.1. The largest absolute Gasteiger partial charge is 0.504 e. The molecule has 0 aliphatic heterocycles. The Morgan fingerprint density at radius 3 is 2.73 bits per heavy atom. The molecule has 0 fully saturated rings. The normalized spacial score (nSPS) is 10.7. The molecule has 0 saturated carbocycles. The molecule has 0 aliphatic carbocycles. The number of rotatable bonds is 5. The molecule has 2 N–H and O–H groups in total. The predicted octanol–water partition coefficient (Wildman–Crippen LogP) is 2.15. The summed E-state index contributed by atoms with van der Waals surface area (Å²) >= 11 is 0. The monoisotopic (exact) mass is 209 g/mol. The molecule has 1 rings (SSSR count). The van der Waals surface area contributed by atoms with Crippen LogP contribution in [0.1, 0.15) is 19.4 Å². The van der Waals surface area contributed by atoms with Gasteiger partial charge < -0.3 is 15.2 Å². The zero-order valence-electron chi connectivity index (χ0n) is 9.58. The van der Waals surface area contributed by atoms with Crippen LogP contribution in [0, 0.1) is 5.92 Å². The maximum Gasteiger partial charge on any atom is 0.162 e. The van der Waals surface area contributed by atoms with Crippen molar-refractivity contribution in [3.8, 4) is 11.5 Å². The minimum Gasteiger partial charge on any atom is -0.504 e. The topological polar surface area (TPSA) is 41.5 Å². The predicted molar refractivity (Wildman–Crippen MR) is 61.2 cm³/mol.